The van der Waals surface area contributed by atoms with Crippen LogP contribution in [-0.2, 0) is 14.3 Å². The molecule has 1 atom stereocenters. The standard InChI is InChI=1S/C26H40INO3S2/c1-2-3-4-5-6-7-8-9-10-11-12-16-21-28(22-17-20-27)23-24-32-26(28)31-33(29,30)25-18-14-13-15-19-25/h13-15,18-19H,2-12,16,21-24H2,1H3/q+2. The van der Waals surface area contributed by atoms with Gasteiger partial charge in [-0.25, -0.2) is 0 Å². The van der Waals surface area contributed by atoms with Gasteiger partial charge in [-0.2, -0.15) is 8.42 Å². The molecular weight excluding hydrogens is 565 g/mol. The van der Waals surface area contributed by atoms with Crippen LogP contribution in [0.2, 0.25) is 0 Å². The fourth-order valence-corrected chi connectivity index (χ4v) is 6.93. The molecule has 1 aromatic rings. The summed E-state index contributed by atoms with van der Waals surface area (Å²) in [5.74, 6) is 4.04. The number of rotatable bonds is 17. The molecule has 0 bridgehead atoms. The van der Waals surface area contributed by atoms with Gasteiger partial charge in [0.1, 0.15) is 18.8 Å². The van der Waals surface area contributed by atoms with Crippen molar-refractivity contribution in [3.8, 4) is 9.85 Å². The molecule has 0 saturated carbocycles. The van der Waals surface area contributed by atoms with Gasteiger partial charge in [0, 0.05) is 33.2 Å². The largest absolute Gasteiger partial charge is 0.518 e. The Morgan fingerprint density at radius 3 is 2.12 bits per heavy atom. The van der Waals surface area contributed by atoms with Crippen LogP contribution in [0.3, 0.4) is 0 Å². The van der Waals surface area contributed by atoms with Crippen molar-refractivity contribution in [3.63, 3.8) is 0 Å². The highest BCUT2D eigenvalue weighted by atomic mass is 127. The van der Waals surface area contributed by atoms with Gasteiger partial charge in [-0.05, 0) is 28.4 Å². The lowest BCUT2D eigenvalue weighted by atomic mass is 10.1. The summed E-state index contributed by atoms with van der Waals surface area (Å²) in [6, 6.07) is 8.41. The summed E-state index contributed by atoms with van der Waals surface area (Å²) in [5, 5.41) is 0. The molecule has 1 aliphatic heterocycles. The number of nitrogens with zero attached hydrogens (tertiary/aromatic N) is 1. The normalized spacial score (nSPS) is 18.3. The molecule has 1 saturated heterocycles. The zero-order chi connectivity index (χ0) is 23.8. The fourth-order valence-electron chi connectivity index (χ4n) is 4.23. The van der Waals surface area contributed by atoms with Crippen LogP contribution in [0.1, 0.15) is 84.0 Å². The van der Waals surface area contributed by atoms with Crippen LogP contribution in [0.25, 0.3) is 0 Å². The van der Waals surface area contributed by atoms with Gasteiger partial charge in [0.15, 0.2) is 18.3 Å². The van der Waals surface area contributed by atoms with E-state index in [1.54, 1.807) is 30.3 Å². The summed E-state index contributed by atoms with van der Waals surface area (Å²) < 4.78 is 34.8. The van der Waals surface area contributed by atoms with Gasteiger partial charge in [0.25, 0.3) is 0 Å². The maximum absolute atomic E-state index is 12.8. The average molecular weight is 606 g/mol. The molecule has 0 N–H and O–H groups in total. The second-order valence-corrected chi connectivity index (χ2v) is 12.0. The average Bonchev–Trinajstić information content (AvgIpc) is 3.20. The number of thioether (sulfide) groups is 1. The first-order valence-corrected chi connectivity index (χ1v) is 16.0. The van der Waals surface area contributed by atoms with Crippen molar-refractivity contribution in [2.75, 3.05) is 25.4 Å². The van der Waals surface area contributed by atoms with Crippen molar-refractivity contribution < 1.29 is 17.1 Å². The fraction of sp³-hybridized carbons (Fsp3) is 0.654. The minimum atomic E-state index is -3.82. The van der Waals surface area contributed by atoms with E-state index in [0.29, 0.717) is 16.6 Å². The van der Waals surface area contributed by atoms with E-state index in [9.17, 15) is 8.42 Å². The summed E-state index contributed by atoms with van der Waals surface area (Å²) >= 11 is 3.58. The van der Waals surface area contributed by atoms with E-state index in [1.165, 1.54) is 82.4 Å². The van der Waals surface area contributed by atoms with Crippen molar-refractivity contribution in [1.29, 1.82) is 0 Å². The van der Waals surface area contributed by atoms with Gasteiger partial charge in [0.05, 0.1) is 4.90 Å². The van der Waals surface area contributed by atoms with Crippen LogP contribution in [0, 0.1) is 15.4 Å². The maximum atomic E-state index is 12.8. The third-order valence-electron chi connectivity index (χ3n) is 6.23. The Balaban J connectivity index is 1.77. The lowest BCUT2D eigenvalue weighted by Gasteiger charge is -2.24. The van der Waals surface area contributed by atoms with Crippen LogP contribution in [0.4, 0.5) is 0 Å². The summed E-state index contributed by atoms with van der Waals surface area (Å²) in [7, 11) is -3.82. The van der Waals surface area contributed by atoms with Crippen LogP contribution in [0.5, 0.6) is 0 Å². The van der Waals surface area contributed by atoms with E-state index in [2.05, 4.69) is 39.4 Å². The van der Waals surface area contributed by atoms with E-state index >= 15 is 0 Å². The molecule has 1 fully saturated rings. The summed E-state index contributed by atoms with van der Waals surface area (Å²) in [6.07, 6.45) is 15.7. The Bertz CT molecular complexity index is 823. The van der Waals surface area contributed by atoms with E-state index < -0.39 is 10.1 Å². The van der Waals surface area contributed by atoms with Crippen molar-refractivity contribution in [1.82, 2.24) is 0 Å². The molecule has 0 spiro atoms. The SMILES string of the molecule is CCCCCCCCCCCCCC[N+]1(CC#CI)CCS[C+]1OS(=O)(=O)c1ccccc1. The topological polar surface area (TPSA) is 43.4 Å². The minimum absolute atomic E-state index is 0.202. The molecule has 1 heterocycles. The molecule has 1 aromatic carbocycles. The van der Waals surface area contributed by atoms with Crippen molar-refractivity contribution in [2.45, 2.75) is 88.9 Å². The molecule has 0 aliphatic carbocycles. The van der Waals surface area contributed by atoms with Gasteiger partial charge in [0.2, 0.25) is 0 Å². The zero-order valence-electron chi connectivity index (χ0n) is 20.1. The number of benzene rings is 1. The highest BCUT2D eigenvalue weighted by Crippen LogP contribution is 2.41. The van der Waals surface area contributed by atoms with Crippen LogP contribution in [0.15, 0.2) is 35.2 Å². The molecule has 0 amide bonds. The van der Waals surface area contributed by atoms with Gasteiger partial charge < -0.3 is 0 Å². The Morgan fingerprint density at radius 1 is 0.970 bits per heavy atom. The first-order chi connectivity index (χ1) is 16.0. The molecule has 0 aromatic heterocycles. The van der Waals surface area contributed by atoms with E-state index in [-0.39, 0.29) is 4.90 Å². The van der Waals surface area contributed by atoms with Crippen LogP contribution < -0.4 is 0 Å². The molecule has 2 rings (SSSR count). The Hall–Kier alpha value is -0.400. The smallest absolute Gasteiger partial charge is 0.190 e. The number of quaternary nitrogens is 1. The summed E-state index contributed by atoms with van der Waals surface area (Å²) in [5.41, 5.74) is 0.584. The molecule has 4 nitrogen and oxygen atoms in total. The second kappa shape index (κ2) is 16.3. The monoisotopic (exact) mass is 605 g/mol. The lowest BCUT2D eigenvalue weighted by molar-refractivity contribution is -0.906. The van der Waals surface area contributed by atoms with Gasteiger partial charge in [-0.1, -0.05) is 89.3 Å². The van der Waals surface area contributed by atoms with Crippen molar-refractivity contribution >= 4 is 44.5 Å². The molecule has 184 valence electrons. The molecule has 1 unspecified atom stereocenters. The first kappa shape index (κ1) is 28.8. The number of hydrogen-bond donors (Lipinski definition) is 0. The first-order valence-electron chi connectivity index (χ1n) is 12.5. The summed E-state index contributed by atoms with van der Waals surface area (Å²) in [4.78, 5) is 0.202. The van der Waals surface area contributed by atoms with Crippen molar-refractivity contribution in [3.05, 3.63) is 35.9 Å². The second-order valence-electron chi connectivity index (χ2n) is 8.88. The van der Waals surface area contributed by atoms with Crippen LogP contribution >= 0.6 is 34.4 Å². The number of hydrogen-bond acceptors (Lipinski definition) is 4. The quantitative estimate of drug-likeness (QED) is 0.0461. The molecule has 33 heavy (non-hydrogen) atoms. The zero-order valence-corrected chi connectivity index (χ0v) is 23.9. The Morgan fingerprint density at radius 2 is 1.55 bits per heavy atom. The van der Waals surface area contributed by atoms with E-state index in [0.717, 1.165) is 25.3 Å². The molecule has 0 radical (unpaired) electrons. The number of unbranched alkanes of at least 4 members (excludes halogenated alkanes) is 11. The van der Waals surface area contributed by atoms with E-state index in [1.807, 2.05) is 0 Å². The Kier molecular flexibility index (Phi) is 14.2. The predicted molar refractivity (Wildman–Crippen MR) is 148 cm³/mol. The molecular formula is C26H40INO3S2+2. The Labute approximate surface area is 220 Å². The minimum Gasteiger partial charge on any atom is -0.190 e. The third kappa shape index (κ3) is 10.4. The lowest BCUT2D eigenvalue weighted by Crippen LogP contribution is -2.49. The highest BCUT2D eigenvalue weighted by Gasteiger charge is 2.60. The maximum Gasteiger partial charge on any atom is 0.518 e. The van der Waals surface area contributed by atoms with E-state index in [4.69, 9.17) is 4.18 Å². The predicted octanol–water partition coefficient (Wildman–Crippen LogP) is 7.50. The van der Waals surface area contributed by atoms with Crippen molar-refractivity contribution in [2.24, 2.45) is 0 Å². The molecule has 1 aliphatic rings. The number of halogens is 1. The van der Waals surface area contributed by atoms with Gasteiger partial charge >= 0.3 is 15.7 Å². The van der Waals surface area contributed by atoms with Gasteiger partial charge in [-0.15, -0.1) is 4.48 Å². The molecule has 7 heteroatoms. The summed E-state index contributed by atoms with van der Waals surface area (Å²) in [6.45, 7) is 4.62. The van der Waals surface area contributed by atoms with Crippen LogP contribution in [-0.4, -0.2) is 38.3 Å². The van der Waals surface area contributed by atoms with Gasteiger partial charge in [-0.3, -0.25) is 0 Å². The third-order valence-corrected chi connectivity index (χ3v) is 9.05. The highest BCUT2D eigenvalue weighted by molar-refractivity contribution is 14.1.